The van der Waals surface area contributed by atoms with Crippen molar-refractivity contribution in [2.75, 3.05) is 19.1 Å². The monoisotopic (exact) mass is 252 g/mol. The number of aryl methyl sites for hydroxylation is 1. The standard InChI is InChI=1S/C16H16N2O/c1-12-5-4-6-14(9-12)18(2)16-10-15(19-3)8-7-13(16)11-17/h4-10H,1-3H3. The van der Waals surface area contributed by atoms with Crippen molar-refractivity contribution in [1.82, 2.24) is 0 Å². The Morgan fingerprint density at radius 1 is 1.16 bits per heavy atom. The second-order valence-corrected chi connectivity index (χ2v) is 4.39. The van der Waals surface area contributed by atoms with Gasteiger partial charge in [-0.3, -0.25) is 0 Å². The van der Waals surface area contributed by atoms with Crippen LogP contribution in [0.15, 0.2) is 42.5 Å². The number of ether oxygens (including phenoxy) is 1. The molecule has 0 aromatic heterocycles. The fourth-order valence-electron chi connectivity index (χ4n) is 1.99. The first-order valence-corrected chi connectivity index (χ1v) is 6.04. The van der Waals surface area contributed by atoms with E-state index in [2.05, 4.69) is 12.1 Å². The third-order valence-electron chi connectivity index (χ3n) is 3.08. The van der Waals surface area contributed by atoms with Crippen LogP contribution in [0.5, 0.6) is 5.75 Å². The molecule has 0 heterocycles. The molecule has 0 aliphatic heterocycles. The van der Waals surface area contributed by atoms with E-state index in [4.69, 9.17) is 4.74 Å². The third-order valence-corrected chi connectivity index (χ3v) is 3.08. The molecule has 96 valence electrons. The molecule has 0 amide bonds. The number of anilines is 2. The van der Waals surface area contributed by atoms with Crippen molar-refractivity contribution in [3.8, 4) is 11.8 Å². The van der Waals surface area contributed by atoms with Gasteiger partial charge in [0, 0.05) is 18.8 Å². The molecule has 0 atom stereocenters. The number of nitrogens with zero attached hydrogens (tertiary/aromatic N) is 2. The average Bonchev–Trinajstić information content (AvgIpc) is 2.45. The minimum absolute atomic E-state index is 0.629. The maximum absolute atomic E-state index is 9.21. The van der Waals surface area contributed by atoms with Crippen molar-refractivity contribution in [2.45, 2.75) is 6.92 Å². The highest BCUT2D eigenvalue weighted by atomic mass is 16.5. The lowest BCUT2D eigenvalue weighted by Crippen LogP contribution is -2.11. The minimum atomic E-state index is 0.629. The zero-order chi connectivity index (χ0) is 13.8. The fourth-order valence-corrected chi connectivity index (χ4v) is 1.99. The lowest BCUT2D eigenvalue weighted by molar-refractivity contribution is 0.415. The number of rotatable bonds is 3. The number of nitriles is 1. The summed E-state index contributed by atoms with van der Waals surface area (Å²) >= 11 is 0. The second-order valence-electron chi connectivity index (χ2n) is 4.39. The second kappa shape index (κ2) is 5.45. The van der Waals surface area contributed by atoms with E-state index in [-0.39, 0.29) is 0 Å². The topological polar surface area (TPSA) is 36.3 Å². The van der Waals surface area contributed by atoms with Crippen LogP contribution in [0, 0.1) is 18.3 Å². The molecule has 0 spiro atoms. The Morgan fingerprint density at radius 2 is 1.95 bits per heavy atom. The molecule has 0 saturated carbocycles. The Hall–Kier alpha value is -2.47. The zero-order valence-electron chi connectivity index (χ0n) is 11.3. The van der Waals surface area contributed by atoms with Crippen LogP contribution < -0.4 is 9.64 Å². The third kappa shape index (κ3) is 2.69. The van der Waals surface area contributed by atoms with Gasteiger partial charge in [0.2, 0.25) is 0 Å². The molecule has 0 bridgehead atoms. The summed E-state index contributed by atoms with van der Waals surface area (Å²) in [5.74, 6) is 0.744. The number of benzene rings is 2. The molecule has 0 aliphatic rings. The van der Waals surface area contributed by atoms with Crippen molar-refractivity contribution < 1.29 is 4.74 Å². The van der Waals surface area contributed by atoms with Crippen LogP contribution in [0.4, 0.5) is 11.4 Å². The average molecular weight is 252 g/mol. The van der Waals surface area contributed by atoms with E-state index in [9.17, 15) is 5.26 Å². The number of hydrogen-bond acceptors (Lipinski definition) is 3. The summed E-state index contributed by atoms with van der Waals surface area (Å²) < 4.78 is 5.23. The summed E-state index contributed by atoms with van der Waals surface area (Å²) in [4.78, 5) is 1.99. The first-order chi connectivity index (χ1) is 9.15. The van der Waals surface area contributed by atoms with Gasteiger partial charge in [-0.2, -0.15) is 5.26 Å². The lowest BCUT2D eigenvalue weighted by Gasteiger charge is -2.21. The smallest absolute Gasteiger partial charge is 0.121 e. The predicted octanol–water partition coefficient (Wildman–Crippen LogP) is 3.64. The maximum atomic E-state index is 9.21. The van der Waals surface area contributed by atoms with E-state index in [1.807, 2.05) is 43.1 Å². The van der Waals surface area contributed by atoms with E-state index in [1.165, 1.54) is 5.56 Å². The van der Waals surface area contributed by atoms with Crippen LogP contribution in [0.2, 0.25) is 0 Å². The Bertz CT molecular complexity index is 629. The Morgan fingerprint density at radius 3 is 2.58 bits per heavy atom. The van der Waals surface area contributed by atoms with Gasteiger partial charge in [0.25, 0.3) is 0 Å². The molecule has 2 aromatic carbocycles. The van der Waals surface area contributed by atoms with E-state index < -0.39 is 0 Å². The van der Waals surface area contributed by atoms with Crippen LogP contribution in [0.25, 0.3) is 0 Å². The Labute approximate surface area is 113 Å². The minimum Gasteiger partial charge on any atom is -0.497 e. The van der Waals surface area contributed by atoms with Gasteiger partial charge in [0.15, 0.2) is 0 Å². The number of hydrogen-bond donors (Lipinski definition) is 0. The van der Waals surface area contributed by atoms with Gasteiger partial charge < -0.3 is 9.64 Å². The predicted molar refractivity (Wildman–Crippen MR) is 77.0 cm³/mol. The molecule has 2 aromatic rings. The first-order valence-electron chi connectivity index (χ1n) is 6.04. The van der Waals surface area contributed by atoms with Crippen LogP contribution >= 0.6 is 0 Å². The van der Waals surface area contributed by atoms with Crippen LogP contribution in [0.3, 0.4) is 0 Å². The molecule has 2 rings (SSSR count). The van der Waals surface area contributed by atoms with E-state index in [0.29, 0.717) is 5.56 Å². The summed E-state index contributed by atoms with van der Waals surface area (Å²) in [5, 5.41) is 9.21. The zero-order valence-corrected chi connectivity index (χ0v) is 11.3. The molecule has 3 nitrogen and oxygen atoms in total. The van der Waals surface area contributed by atoms with Gasteiger partial charge in [-0.15, -0.1) is 0 Å². The Kier molecular flexibility index (Phi) is 3.72. The van der Waals surface area contributed by atoms with Crippen LogP contribution in [-0.4, -0.2) is 14.2 Å². The summed E-state index contributed by atoms with van der Waals surface area (Å²) in [6, 6.07) is 15.8. The normalized spacial score (nSPS) is 9.79. The molecule has 0 aliphatic carbocycles. The molecular formula is C16H16N2O. The van der Waals surface area contributed by atoms with E-state index >= 15 is 0 Å². The molecule has 0 N–H and O–H groups in total. The van der Waals surface area contributed by atoms with Crippen molar-refractivity contribution in [3.05, 3.63) is 53.6 Å². The summed E-state index contributed by atoms with van der Waals surface area (Å²) in [5.41, 5.74) is 3.70. The molecule has 0 unspecified atom stereocenters. The number of methoxy groups -OCH3 is 1. The van der Waals surface area contributed by atoms with Crippen LogP contribution in [0.1, 0.15) is 11.1 Å². The molecule has 0 radical (unpaired) electrons. The van der Waals surface area contributed by atoms with Crippen molar-refractivity contribution in [2.24, 2.45) is 0 Å². The summed E-state index contributed by atoms with van der Waals surface area (Å²) in [7, 11) is 3.57. The van der Waals surface area contributed by atoms with Crippen LogP contribution in [-0.2, 0) is 0 Å². The fraction of sp³-hybridized carbons (Fsp3) is 0.188. The molecule has 3 heteroatoms. The quantitative estimate of drug-likeness (QED) is 0.836. The van der Waals surface area contributed by atoms with Gasteiger partial charge in [-0.05, 0) is 36.8 Å². The highest BCUT2D eigenvalue weighted by molar-refractivity contribution is 5.70. The first kappa shape index (κ1) is 13.0. The molecule has 0 fully saturated rings. The van der Waals surface area contributed by atoms with E-state index in [0.717, 1.165) is 17.1 Å². The van der Waals surface area contributed by atoms with Crippen molar-refractivity contribution >= 4 is 11.4 Å². The molecule has 19 heavy (non-hydrogen) atoms. The molecular weight excluding hydrogens is 236 g/mol. The largest absolute Gasteiger partial charge is 0.497 e. The lowest BCUT2D eigenvalue weighted by atomic mass is 10.1. The summed E-state index contributed by atoms with van der Waals surface area (Å²) in [6.07, 6.45) is 0. The highest BCUT2D eigenvalue weighted by Gasteiger charge is 2.10. The highest BCUT2D eigenvalue weighted by Crippen LogP contribution is 2.30. The van der Waals surface area contributed by atoms with E-state index in [1.54, 1.807) is 19.2 Å². The van der Waals surface area contributed by atoms with Gasteiger partial charge in [0.05, 0.1) is 18.4 Å². The SMILES string of the molecule is COc1ccc(C#N)c(N(C)c2cccc(C)c2)c1. The molecule has 0 saturated heterocycles. The van der Waals surface area contributed by atoms with Gasteiger partial charge in [-0.1, -0.05) is 12.1 Å². The van der Waals surface area contributed by atoms with Gasteiger partial charge >= 0.3 is 0 Å². The van der Waals surface area contributed by atoms with Gasteiger partial charge in [-0.25, -0.2) is 0 Å². The van der Waals surface area contributed by atoms with Crippen molar-refractivity contribution in [1.29, 1.82) is 5.26 Å². The van der Waals surface area contributed by atoms with Gasteiger partial charge in [0.1, 0.15) is 11.8 Å². The Balaban J connectivity index is 2.48. The summed E-state index contributed by atoms with van der Waals surface area (Å²) in [6.45, 7) is 2.05. The maximum Gasteiger partial charge on any atom is 0.121 e. The van der Waals surface area contributed by atoms with Crippen molar-refractivity contribution in [3.63, 3.8) is 0 Å².